The summed E-state index contributed by atoms with van der Waals surface area (Å²) in [5.74, 6) is -1.81. The molecule has 0 heterocycles. The van der Waals surface area contributed by atoms with Gasteiger partial charge in [0.2, 0.25) is 0 Å². The molecule has 0 unspecified atom stereocenters. The normalized spacial score (nSPS) is 11.5. The van der Waals surface area contributed by atoms with Gasteiger partial charge < -0.3 is 14.7 Å². The van der Waals surface area contributed by atoms with Gasteiger partial charge in [0, 0.05) is 18.3 Å². The number of carbonyl (C=O) groups excluding carboxylic acids is 2. The van der Waals surface area contributed by atoms with E-state index in [4.69, 9.17) is 9.84 Å². The molecule has 0 radical (unpaired) electrons. The molecule has 1 N–H and O–H groups in total. The van der Waals surface area contributed by atoms with Crippen molar-refractivity contribution in [2.24, 2.45) is 0 Å². The molecule has 0 spiro atoms. The zero-order valence-electron chi connectivity index (χ0n) is 17.6. The predicted molar refractivity (Wildman–Crippen MR) is 113 cm³/mol. The number of carboxylic acids is 1. The maximum absolute atomic E-state index is 12.9. The largest absolute Gasteiger partial charge is 0.480 e. The van der Waals surface area contributed by atoms with E-state index in [2.05, 4.69) is 0 Å². The molecule has 0 aromatic heterocycles. The van der Waals surface area contributed by atoms with Gasteiger partial charge in [-0.25, -0.2) is 13.2 Å². The number of nitrogens with zero attached hydrogens (tertiary/aromatic N) is 2. The van der Waals surface area contributed by atoms with Crippen molar-refractivity contribution < 1.29 is 32.6 Å². The average molecular weight is 448 g/mol. The summed E-state index contributed by atoms with van der Waals surface area (Å²) in [6.45, 7) is 3.51. The summed E-state index contributed by atoms with van der Waals surface area (Å²) in [5.41, 5.74) is -0.151. The van der Waals surface area contributed by atoms with Gasteiger partial charge in [-0.05, 0) is 57.2 Å². The number of carboxylic acid groups (broad SMARTS) is 1. The van der Waals surface area contributed by atoms with Crippen molar-refractivity contribution in [3.63, 3.8) is 0 Å². The van der Waals surface area contributed by atoms with Crippen molar-refractivity contribution in [1.29, 1.82) is 0 Å². The lowest BCUT2D eigenvalue weighted by Crippen LogP contribution is -2.43. The van der Waals surface area contributed by atoms with Gasteiger partial charge in [0.15, 0.2) is 0 Å². The number of amides is 2. The van der Waals surface area contributed by atoms with Gasteiger partial charge in [-0.3, -0.25) is 9.59 Å². The zero-order valence-corrected chi connectivity index (χ0v) is 18.4. The maximum atomic E-state index is 12.9. The van der Waals surface area contributed by atoms with E-state index in [1.54, 1.807) is 30.3 Å². The number of aliphatic carboxylic acids is 1. The van der Waals surface area contributed by atoms with E-state index in [0.29, 0.717) is 11.3 Å². The molecule has 0 bridgehead atoms. The minimum atomic E-state index is -4.51. The first-order valence-corrected chi connectivity index (χ1v) is 10.7. The first kappa shape index (κ1) is 23.9. The van der Waals surface area contributed by atoms with Gasteiger partial charge in [-0.15, -0.1) is 0 Å². The molecule has 0 fully saturated rings. The molecular weight excluding hydrogens is 424 g/mol. The molecule has 9 nitrogen and oxygen atoms in total. The topological polar surface area (TPSA) is 121 Å². The summed E-state index contributed by atoms with van der Waals surface area (Å²) < 4.78 is 31.0. The summed E-state index contributed by atoms with van der Waals surface area (Å²) >= 11 is 0. The quantitative estimate of drug-likeness (QED) is 0.721. The monoisotopic (exact) mass is 448 g/mol. The Hall–Kier alpha value is -3.40. The van der Waals surface area contributed by atoms with E-state index in [-0.39, 0.29) is 15.1 Å². The van der Waals surface area contributed by atoms with E-state index in [1.807, 2.05) is 0 Å². The van der Waals surface area contributed by atoms with Gasteiger partial charge in [0.1, 0.15) is 12.1 Å². The molecule has 2 aromatic rings. The van der Waals surface area contributed by atoms with Crippen LogP contribution in [0.1, 0.15) is 31.1 Å². The van der Waals surface area contributed by atoms with Crippen LogP contribution < -0.4 is 4.90 Å². The van der Waals surface area contributed by atoms with E-state index in [1.165, 1.54) is 57.0 Å². The minimum absolute atomic E-state index is 0.161. The molecule has 2 amide bonds. The van der Waals surface area contributed by atoms with Crippen molar-refractivity contribution in [3.8, 4) is 0 Å². The number of sulfonamides is 1. The first-order chi connectivity index (χ1) is 14.3. The lowest BCUT2D eigenvalue weighted by Gasteiger charge is -2.26. The fraction of sp³-hybridized carbons (Fsp3) is 0.286. The highest BCUT2D eigenvalue weighted by Gasteiger charge is 2.34. The van der Waals surface area contributed by atoms with Crippen LogP contribution in [0.5, 0.6) is 0 Å². The van der Waals surface area contributed by atoms with Crippen LogP contribution in [-0.2, 0) is 19.6 Å². The van der Waals surface area contributed by atoms with Gasteiger partial charge >= 0.3 is 12.1 Å². The highest BCUT2D eigenvalue weighted by Crippen LogP contribution is 2.23. The molecule has 31 heavy (non-hydrogen) atoms. The number of hydrogen-bond donors (Lipinski definition) is 1. The number of benzene rings is 2. The van der Waals surface area contributed by atoms with Crippen molar-refractivity contribution >= 4 is 33.7 Å². The van der Waals surface area contributed by atoms with E-state index in [0.717, 1.165) is 0 Å². The Labute approximate surface area is 180 Å². The second-order valence-electron chi connectivity index (χ2n) is 7.61. The molecule has 166 valence electrons. The molecule has 0 aliphatic carbocycles. The van der Waals surface area contributed by atoms with Crippen LogP contribution in [0, 0.1) is 0 Å². The molecule has 2 aromatic carbocycles. The Morgan fingerprint density at radius 3 is 2.00 bits per heavy atom. The number of ether oxygens (including phenoxy) is 1. The lowest BCUT2D eigenvalue weighted by atomic mass is 10.2. The highest BCUT2D eigenvalue weighted by atomic mass is 32.2. The molecule has 0 saturated carbocycles. The maximum Gasteiger partial charge on any atom is 0.424 e. The Morgan fingerprint density at radius 2 is 1.52 bits per heavy atom. The summed E-state index contributed by atoms with van der Waals surface area (Å²) in [7, 11) is -2.97. The second kappa shape index (κ2) is 9.17. The van der Waals surface area contributed by atoms with Crippen LogP contribution >= 0.6 is 0 Å². The number of carbonyl (C=O) groups is 3. The summed E-state index contributed by atoms with van der Waals surface area (Å²) in [4.78, 5) is 37.1. The highest BCUT2D eigenvalue weighted by molar-refractivity contribution is 7.89. The standard InChI is InChI=1S/C21H24N2O7S/c1-21(2,3)30-20(27)23(14-18(24)25)31(28,29)17-12-10-16(11-13-17)22(4)19(26)15-8-6-5-7-9-15/h5-13H,14H2,1-4H3,(H,24,25). The summed E-state index contributed by atoms with van der Waals surface area (Å²) in [6, 6.07) is 13.7. The third-order valence-corrected chi connectivity index (χ3v) is 5.74. The molecule has 0 atom stereocenters. The van der Waals surface area contributed by atoms with Crippen LogP contribution in [0.2, 0.25) is 0 Å². The van der Waals surface area contributed by atoms with E-state index < -0.39 is 34.2 Å². The van der Waals surface area contributed by atoms with Gasteiger partial charge in [-0.1, -0.05) is 18.2 Å². The fourth-order valence-electron chi connectivity index (χ4n) is 2.54. The Bertz CT molecular complexity index is 1060. The van der Waals surface area contributed by atoms with E-state index >= 15 is 0 Å². The Kier molecular flexibility index (Phi) is 7.06. The lowest BCUT2D eigenvalue weighted by molar-refractivity contribution is -0.137. The number of rotatable bonds is 6. The number of hydrogen-bond acceptors (Lipinski definition) is 6. The number of anilines is 1. The van der Waals surface area contributed by atoms with Crippen LogP contribution in [-0.4, -0.2) is 55.0 Å². The molecule has 0 saturated heterocycles. The summed E-state index contributed by atoms with van der Waals surface area (Å²) in [6.07, 6.45) is -1.30. The molecule has 0 aliphatic heterocycles. The fourth-order valence-corrected chi connectivity index (χ4v) is 3.79. The van der Waals surface area contributed by atoms with Crippen molar-refractivity contribution in [2.75, 3.05) is 18.5 Å². The molecule has 0 aliphatic rings. The molecule has 2 rings (SSSR count). The van der Waals surface area contributed by atoms with Crippen molar-refractivity contribution in [1.82, 2.24) is 4.31 Å². The Morgan fingerprint density at radius 1 is 0.968 bits per heavy atom. The third kappa shape index (κ3) is 6.05. The zero-order chi connectivity index (χ0) is 23.4. The predicted octanol–water partition coefficient (Wildman–Crippen LogP) is 2.97. The van der Waals surface area contributed by atoms with Gasteiger partial charge in [0.25, 0.3) is 15.9 Å². The van der Waals surface area contributed by atoms with Crippen LogP contribution in [0.4, 0.5) is 10.5 Å². The second-order valence-corrected chi connectivity index (χ2v) is 9.47. The van der Waals surface area contributed by atoms with Crippen LogP contribution in [0.15, 0.2) is 59.5 Å². The van der Waals surface area contributed by atoms with Crippen molar-refractivity contribution in [2.45, 2.75) is 31.3 Å². The van der Waals surface area contributed by atoms with E-state index in [9.17, 15) is 22.8 Å². The third-order valence-electron chi connectivity index (χ3n) is 4.01. The molecular formula is C21H24N2O7S. The minimum Gasteiger partial charge on any atom is -0.480 e. The van der Waals surface area contributed by atoms with Crippen molar-refractivity contribution in [3.05, 3.63) is 60.2 Å². The van der Waals surface area contributed by atoms with Crippen LogP contribution in [0.3, 0.4) is 0 Å². The SMILES string of the molecule is CN(C(=O)c1ccccc1)c1ccc(S(=O)(=O)N(CC(=O)O)C(=O)OC(C)(C)C)cc1. The smallest absolute Gasteiger partial charge is 0.424 e. The summed E-state index contributed by atoms with van der Waals surface area (Å²) in [5, 5.41) is 9.07. The van der Waals surface area contributed by atoms with Crippen LogP contribution in [0.25, 0.3) is 0 Å². The Balaban J connectivity index is 2.32. The first-order valence-electron chi connectivity index (χ1n) is 9.23. The molecule has 10 heteroatoms. The average Bonchev–Trinajstić information content (AvgIpc) is 2.70. The van der Waals surface area contributed by atoms with Gasteiger partial charge in [-0.2, -0.15) is 4.31 Å². The van der Waals surface area contributed by atoms with Gasteiger partial charge in [0.05, 0.1) is 4.90 Å².